The van der Waals surface area contributed by atoms with E-state index < -0.39 is 6.04 Å². The molecule has 1 aliphatic rings. The number of hydrogen-bond donors (Lipinski definition) is 2. The van der Waals surface area contributed by atoms with E-state index in [0.29, 0.717) is 18.7 Å². The van der Waals surface area contributed by atoms with Gasteiger partial charge in [-0.05, 0) is 47.9 Å². The summed E-state index contributed by atoms with van der Waals surface area (Å²) in [4.78, 5) is 37.7. The zero-order valence-corrected chi connectivity index (χ0v) is 17.1. The van der Waals surface area contributed by atoms with Gasteiger partial charge in [0.1, 0.15) is 11.8 Å². The fourth-order valence-corrected chi connectivity index (χ4v) is 3.64. The fraction of sp³-hybridized carbons (Fsp3) is 0.350. The Hall–Kier alpha value is -2.61. The van der Waals surface area contributed by atoms with Crippen molar-refractivity contribution in [3.8, 4) is 5.75 Å². The largest absolute Gasteiger partial charge is 0.484 e. The van der Waals surface area contributed by atoms with Gasteiger partial charge in [0.15, 0.2) is 6.61 Å². The number of likely N-dealkylation sites (N-methyl/N-ethyl adjacent to an activating group) is 1. The number of carbonyl (C=O) groups is 3. The summed E-state index contributed by atoms with van der Waals surface area (Å²) in [6.45, 7) is 0.187. The second-order valence-corrected chi connectivity index (χ2v) is 7.49. The van der Waals surface area contributed by atoms with E-state index in [0.717, 1.165) is 21.7 Å². The Balaban J connectivity index is 1.48. The standard InChI is InChI=1S/C20H22BrN3O4/c1-22-20(27)17-3-2-8-24(17)19(26)11-23-18(25)12-28-16-7-5-13-9-15(21)6-4-14(13)10-16/h4-7,9-10,17H,2-3,8,11-12H2,1H3,(H,22,27)(H,23,25). The lowest BCUT2D eigenvalue weighted by Gasteiger charge is -2.23. The zero-order chi connectivity index (χ0) is 20.1. The number of likely N-dealkylation sites (tertiary alicyclic amines) is 1. The number of fused-ring (bicyclic) bond motifs is 1. The van der Waals surface area contributed by atoms with Crippen molar-refractivity contribution >= 4 is 44.4 Å². The van der Waals surface area contributed by atoms with Crippen molar-refractivity contribution in [2.24, 2.45) is 0 Å². The molecule has 0 bridgehead atoms. The van der Waals surface area contributed by atoms with Crippen molar-refractivity contribution in [1.29, 1.82) is 0 Å². The van der Waals surface area contributed by atoms with E-state index in [1.54, 1.807) is 13.1 Å². The van der Waals surface area contributed by atoms with E-state index in [2.05, 4.69) is 26.6 Å². The smallest absolute Gasteiger partial charge is 0.258 e. The Labute approximate surface area is 171 Å². The lowest BCUT2D eigenvalue weighted by molar-refractivity contribution is -0.138. The molecule has 0 aliphatic carbocycles. The molecule has 1 fully saturated rings. The van der Waals surface area contributed by atoms with Gasteiger partial charge in [-0.3, -0.25) is 14.4 Å². The van der Waals surface area contributed by atoms with E-state index >= 15 is 0 Å². The van der Waals surface area contributed by atoms with Crippen LogP contribution in [0.4, 0.5) is 0 Å². The van der Waals surface area contributed by atoms with Crippen LogP contribution in [0.15, 0.2) is 40.9 Å². The van der Waals surface area contributed by atoms with Crippen LogP contribution in [0.25, 0.3) is 10.8 Å². The summed E-state index contributed by atoms with van der Waals surface area (Å²) in [7, 11) is 1.55. The molecule has 3 amide bonds. The first-order chi connectivity index (χ1) is 13.5. The van der Waals surface area contributed by atoms with Gasteiger partial charge in [-0.15, -0.1) is 0 Å². The molecule has 0 radical (unpaired) electrons. The molecular formula is C20H22BrN3O4. The molecule has 2 N–H and O–H groups in total. The lowest BCUT2D eigenvalue weighted by atomic mass is 10.1. The van der Waals surface area contributed by atoms with Gasteiger partial charge in [-0.1, -0.05) is 28.1 Å². The first kappa shape index (κ1) is 20.1. The minimum Gasteiger partial charge on any atom is -0.484 e. The van der Waals surface area contributed by atoms with Crippen LogP contribution < -0.4 is 15.4 Å². The van der Waals surface area contributed by atoms with Crippen LogP contribution in [0.3, 0.4) is 0 Å². The third-order valence-electron chi connectivity index (χ3n) is 4.70. The van der Waals surface area contributed by atoms with Crippen LogP contribution in [0, 0.1) is 0 Å². The number of nitrogens with zero attached hydrogens (tertiary/aromatic N) is 1. The predicted octanol–water partition coefficient (Wildman–Crippen LogP) is 1.83. The van der Waals surface area contributed by atoms with Gasteiger partial charge in [-0.25, -0.2) is 0 Å². The second-order valence-electron chi connectivity index (χ2n) is 6.58. The van der Waals surface area contributed by atoms with E-state index in [1.807, 2.05) is 30.3 Å². The van der Waals surface area contributed by atoms with E-state index in [1.165, 1.54) is 4.90 Å². The van der Waals surface area contributed by atoms with Crippen molar-refractivity contribution < 1.29 is 19.1 Å². The average Bonchev–Trinajstić information content (AvgIpc) is 3.19. The maximum atomic E-state index is 12.3. The molecular weight excluding hydrogens is 426 g/mol. The van der Waals surface area contributed by atoms with Crippen molar-refractivity contribution in [2.45, 2.75) is 18.9 Å². The summed E-state index contributed by atoms with van der Waals surface area (Å²) >= 11 is 3.43. The van der Waals surface area contributed by atoms with Gasteiger partial charge in [0.25, 0.3) is 5.91 Å². The third-order valence-corrected chi connectivity index (χ3v) is 5.20. The third kappa shape index (κ3) is 4.81. The molecule has 1 atom stereocenters. The number of halogens is 1. The Morgan fingerprint density at radius 1 is 1.18 bits per heavy atom. The van der Waals surface area contributed by atoms with Gasteiger partial charge < -0.3 is 20.3 Å². The minimum atomic E-state index is -0.455. The summed E-state index contributed by atoms with van der Waals surface area (Å²) in [6, 6.07) is 11.0. The summed E-state index contributed by atoms with van der Waals surface area (Å²) < 4.78 is 6.52. The molecule has 0 aromatic heterocycles. The Bertz CT molecular complexity index is 902. The second kappa shape index (κ2) is 9.05. The van der Waals surface area contributed by atoms with Crippen LogP contribution in [0.2, 0.25) is 0 Å². The van der Waals surface area contributed by atoms with Crippen molar-refractivity contribution in [1.82, 2.24) is 15.5 Å². The SMILES string of the molecule is CNC(=O)C1CCCN1C(=O)CNC(=O)COc1ccc2cc(Br)ccc2c1. The molecule has 2 aromatic carbocycles. The summed E-state index contributed by atoms with van der Waals surface area (Å²) in [6.07, 6.45) is 1.42. The maximum Gasteiger partial charge on any atom is 0.258 e. The molecule has 1 aliphatic heterocycles. The van der Waals surface area contributed by atoms with Crippen LogP contribution in [-0.4, -0.2) is 55.4 Å². The monoisotopic (exact) mass is 447 g/mol. The topological polar surface area (TPSA) is 87.7 Å². The molecule has 1 unspecified atom stereocenters. The quantitative estimate of drug-likeness (QED) is 0.706. The summed E-state index contributed by atoms with van der Waals surface area (Å²) in [5.74, 6) is -0.255. The van der Waals surface area contributed by atoms with Gasteiger partial charge >= 0.3 is 0 Å². The van der Waals surface area contributed by atoms with Crippen molar-refractivity contribution in [3.63, 3.8) is 0 Å². The number of rotatable bonds is 6. The average molecular weight is 448 g/mol. The normalized spacial score (nSPS) is 16.1. The number of amides is 3. The molecule has 148 valence electrons. The van der Waals surface area contributed by atoms with Gasteiger partial charge in [-0.2, -0.15) is 0 Å². The molecule has 0 spiro atoms. The van der Waals surface area contributed by atoms with Crippen molar-refractivity contribution in [3.05, 3.63) is 40.9 Å². The predicted molar refractivity (Wildman–Crippen MR) is 109 cm³/mol. The van der Waals surface area contributed by atoms with Gasteiger partial charge in [0.2, 0.25) is 11.8 Å². The van der Waals surface area contributed by atoms with E-state index in [4.69, 9.17) is 4.74 Å². The highest BCUT2D eigenvalue weighted by molar-refractivity contribution is 9.10. The van der Waals surface area contributed by atoms with Crippen LogP contribution >= 0.6 is 15.9 Å². The molecule has 3 rings (SSSR count). The Kier molecular flexibility index (Phi) is 6.51. The van der Waals surface area contributed by atoms with Crippen LogP contribution in [-0.2, 0) is 14.4 Å². The lowest BCUT2D eigenvalue weighted by Crippen LogP contribution is -2.48. The van der Waals surface area contributed by atoms with Crippen LogP contribution in [0.5, 0.6) is 5.75 Å². The number of ether oxygens (including phenoxy) is 1. The van der Waals surface area contributed by atoms with Gasteiger partial charge in [0.05, 0.1) is 6.54 Å². The highest BCUT2D eigenvalue weighted by atomic mass is 79.9. The Morgan fingerprint density at radius 2 is 1.93 bits per heavy atom. The summed E-state index contributed by atoms with van der Waals surface area (Å²) in [5.41, 5.74) is 0. The molecule has 2 aromatic rings. The summed E-state index contributed by atoms with van der Waals surface area (Å²) in [5, 5.41) is 7.19. The number of hydrogen-bond acceptors (Lipinski definition) is 4. The van der Waals surface area contributed by atoms with E-state index in [-0.39, 0.29) is 30.9 Å². The number of carbonyl (C=O) groups excluding carboxylic acids is 3. The number of benzene rings is 2. The zero-order valence-electron chi connectivity index (χ0n) is 15.5. The molecule has 1 saturated heterocycles. The van der Waals surface area contributed by atoms with Crippen molar-refractivity contribution in [2.75, 3.05) is 26.7 Å². The molecule has 0 saturated carbocycles. The first-order valence-electron chi connectivity index (χ1n) is 9.08. The van der Waals surface area contributed by atoms with E-state index in [9.17, 15) is 14.4 Å². The minimum absolute atomic E-state index is 0.151. The Morgan fingerprint density at radius 3 is 2.71 bits per heavy atom. The molecule has 28 heavy (non-hydrogen) atoms. The van der Waals surface area contributed by atoms with Gasteiger partial charge in [0, 0.05) is 18.1 Å². The first-order valence-corrected chi connectivity index (χ1v) is 9.87. The fourth-order valence-electron chi connectivity index (χ4n) is 3.26. The van der Waals surface area contributed by atoms with Crippen LogP contribution in [0.1, 0.15) is 12.8 Å². The molecule has 7 nitrogen and oxygen atoms in total. The molecule has 8 heteroatoms. The maximum absolute atomic E-state index is 12.3. The molecule has 1 heterocycles. The highest BCUT2D eigenvalue weighted by Gasteiger charge is 2.33. The highest BCUT2D eigenvalue weighted by Crippen LogP contribution is 2.24. The number of nitrogens with one attached hydrogen (secondary N) is 2.